The number of hydrogen-bond acceptors (Lipinski definition) is 3. The highest BCUT2D eigenvalue weighted by Crippen LogP contribution is 2.20. The minimum absolute atomic E-state index is 0.0268. The Kier molecular flexibility index (Phi) is 3.77. The number of hydrogen-bond donors (Lipinski definition) is 1. The Balaban J connectivity index is 1.94. The van der Waals surface area contributed by atoms with Crippen LogP contribution in [0.15, 0.2) is 34.9 Å². The third-order valence-electron chi connectivity index (χ3n) is 2.74. The number of benzene rings is 1. The molecule has 0 saturated heterocycles. The summed E-state index contributed by atoms with van der Waals surface area (Å²) in [6.07, 6.45) is 2.18. The average Bonchev–Trinajstić information content (AvgIpc) is 2.77. The van der Waals surface area contributed by atoms with E-state index < -0.39 is 0 Å². The molecule has 94 valence electrons. The van der Waals surface area contributed by atoms with Crippen LogP contribution in [0.25, 0.3) is 11.0 Å². The van der Waals surface area contributed by atoms with Crippen molar-refractivity contribution in [3.63, 3.8) is 0 Å². The lowest BCUT2D eigenvalue weighted by Gasteiger charge is -2.02. The van der Waals surface area contributed by atoms with Gasteiger partial charge in [0.15, 0.2) is 0 Å². The van der Waals surface area contributed by atoms with E-state index in [1.807, 2.05) is 24.3 Å². The molecule has 0 bridgehead atoms. The van der Waals surface area contributed by atoms with Gasteiger partial charge in [-0.15, -0.1) is 0 Å². The summed E-state index contributed by atoms with van der Waals surface area (Å²) in [5, 5.41) is 3.79. The molecule has 0 fully saturated rings. The van der Waals surface area contributed by atoms with E-state index in [0.717, 1.165) is 16.5 Å². The van der Waals surface area contributed by atoms with Crippen LogP contribution in [0.4, 0.5) is 0 Å². The molecule has 1 aromatic heterocycles. The molecule has 2 aromatic rings. The summed E-state index contributed by atoms with van der Waals surface area (Å²) in [6.45, 7) is 1.91. The van der Waals surface area contributed by atoms with Crippen LogP contribution in [-0.2, 0) is 16.1 Å². The molecule has 0 aliphatic heterocycles. The van der Waals surface area contributed by atoms with Gasteiger partial charge in [-0.2, -0.15) is 0 Å². The number of Topliss-reactive ketones (excluding diaryl/α,β-unsaturated/α-hetero) is 1. The van der Waals surface area contributed by atoms with Crippen molar-refractivity contribution < 1.29 is 14.0 Å². The van der Waals surface area contributed by atoms with Gasteiger partial charge in [0, 0.05) is 30.3 Å². The van der Waals surface area contributed by atoms with Gasteiger partial charge >= 0.3 is 0 Å². The molecule has 4 heteroatoms. The fraction of sp³-hybridized carbons (Fsp3) is 0.286. The molecule has 1 aromatic carbocycles. The van der Waals surface area contributed by atoms with E-state index in [-0.39, 0.29) is 24.5 Å². The first-order chi connectivity index (χ1) is 8.66. The predicted octanol–water partition coefficient (Wildman–Crippen LogP) is 2.42. The maximum absolute atomic E-state index is 11.5. The fourth-order valence-electron chi connectivity index (χ4n) is 1.74. The Morgan fingerprint density at radius 1 is 1.22 bits per heavy atom. The van der Waals surface area contributed by atoms with Crippen molar-refractivity contribution in [3.8, 4) is 0 Å². The predicted molar refractivity (Wildman–Crippen MR) is 68.0 cm³/mol. The van der Waals surface area contributed by atoms with Crippen LogP contribution in [0.5, 0.6) is 0 Å². The van der Waals surface area contributed by atoms with Gasteiger partial charge in [-0.05, 0) is 13.0 Å². The van der Waals surface area contributed by atoms with E-state index >= 15 is 0 Å². The molecule has 2 rings (SSSR count). The van der Waals surface area contributed by atoms with E-state index in [1.165, 1.54) is 6.92 Å². The first-order valence-electron chi connectivity index (χ1n) is 5.88. The zero-order valence-electron chi connectivity index (χ0n) is 10.2. The number of carbonyl (C=O) groups is 2. The summed E-state index contributed by atoms with van der Waals surface area (Å²) in [7, 11) is 0. The molecule has 0 spiro atoms. The number of carbonyl (C=O) groups excluding carboxylic acids is 2. The molecule has 0 aliphatic carbocycles. The van der Waals surface area contributed by atoms with Gasteiger partial charge in [0.25, 0.3) is 0 Å². The van der Waals surface area contributed by atoms with Crippen molar-refractivity contribution in [1.82, 2.24) is 5.32 Å². The number of nitrogens with one attached hydrogen (secondary N) is 1. The molecule has 0 saturated carbocycles. The number of fused-ring (bicyclic) bond motifs is 1. The Morgan fingerprint density at radius 3 is 2.78 bits per heavy atom. The van der Waals surface area contributed by atoms with Crippen LogP contribution in [0.1, 0.15) is 25.3 Å². The molecule has 1 amide bonds. The molecule has 4 nitrogen and oxygen atoms in total. The lowest BCUT2D eigenvalue weighted by Crippen LogP contribution is -2.22. The molecular weight excluding hydrogens is 230 g/mol. The second kappa shape index (κ2) is 5.49. The van der Waals surface area contributed by atoms with E-state index in [1.54, 1.807) is 6.26 Å². The maximum Gasteiger partial charge on any atom is 0.220 e. The molecule has 0 atom stereocenters. The van der Waals surface area contributed by atoms with Gasteiger partial charge in [0.2, 0.25) is 5.91 Å². The first-order valence-corrected chi connectivity index (χ1v) is 5.88. The summed E-state index contributed by atoms with van der Waals surface area (Å²) in [4.78, 5) is 22.2. The Morgan fingerprint density at radius 2 is 2.00 bits per heavy atom. The van der Waals surface area contributed by atoms with Gasteiger partial charge in [0.05, 0.1) is 6.26 Å². The highest BCUT2D eigenvalue weighted by Gasteiger charge is 2.07. The van der Waals surface area contributed by atoms with Crippen molar-refractivity contribution in [2.24, 2.45) is 0 Å². The molecule has 1 heterocycles. The third-order valence-corrected chi connectivity index (χ3v) is 2.74. The Hall–Kier alpha value is -2.10. The summed E-state index contributed by atoms with van der Waals surface area (Å²) in [5.41, 5.74) is 1.76. The Labute approximate surface area is 105 Å². The highest BCUT2D eigenvalue weighted by molar-refractivity contribution is 5.84. The van der Waals surface area contributed by atoms with Crippen molar-refractivity contribution >= 4 is 22.7 Å². The van der Waals surface area contributed by atoms with Gasteiger partial charge in [-0.1, -0.05) is 18.2 Å². The van der Waals surface area contributed by atoms with Crippen LogP contribution < -0.4 is 5.32 Å². The van der Waals surface area contributed by atoms with Gasteiger partial charge in [-0.3, -0.25) is 4.79 Å². The summed E-state index contributed by atoms with van der Waals surface area (Å²) < 4.78 is 5.37. The molecule has 18 heavy (non-hydrogen) atoms. The molecule has 0 unspecified atom stereocenters. The van der Waals surface area contributed by atoms with Gasteiger partial charge in [0.1, 0.15) is 11.4 Å². The number of para-hydroxylation sites is 1. The SMILES string of the molecule is CC(=O)CCC(=O)NCc1coc2ccccc12. The third kappa shape index (κ3) is 2.97. The molecule has 1 N–H and O–H groups in total. The largest absolute Gasteiger partial charge is 0.464 e. The monoisotopic (exact) mass is 245 g/mol. The van der Waals surface area contributed by atoms with E-state index in [9.17, 15) is 9.59 Å². The quantitative estimate of drug-likeness (QED) is 0.880. The summed E-state index contributed by atoms with van der Waals surface area (Å²) >= 11 is 0. The highest BCUT2D eigenvalue weighted by atomic mass is 16.3. The van der Waals surface area contributed by atoms with Gasteiger partial charge in [-0.25, -0.2) is 0 Å². The van der Waals surface area contributed by atoms with Crippen molar-refractivity contribution in [3.05, 3.63) is 36.1 Å². The topological polar surface area (TPSA) is 59.3 Å². The minimum Gasteiger partial charge on any atom is -0.464 e. The van der Waals surface area contributed by atoms with E-state index in [2.05, 4.69) is 5.32 Å². The maximum atomic E-state index is 11.5. The van der Waals surface area contributed by atoms with Gasteiger partial charge < -0.3 is 14.5 Å². The van der Waals surface area contributed by atoms with E-state index in [0.29, 0.717) is 6.54 Å². The summed E-state index contributed by atoms with van der Waals surface area (Å²) in [5.74, 6) is -0.0885. The lowest BCUT2D eigenvalue weighted by molar-refractivity contribution is -0.124. The van der Waals surface area contributed by atoms with Crippen molar-refractivity contribution in [2.45, 2.75) is 26.3 Å². The average molecular weight is 245 g/mol. The molecular formula is C14H15NO3. The lowest BCUT2D eigenvalue weighted by atomic mass is 10.1. The van der Waals surface area contributed by atoms with Crippen molar-refractivity contribution in [1.29, 1.82) is 0 Å². The number of amides is 1. The standard InChI is InChI=1S/C14H15NO3/c1-10(16)6-7-14(17)15-8-11-9-18-13-5-3-2-4-12(11)13/h2-5,9H,6-8H2,1H3,(H,15,17). The molecule has 0 radical (unpaired) electrons. The minimum atomic E-state index is -0.115. The van der Waals surface area contributed by atoms with Crippen LogP contribution >= 0.6 is 0 Å². The second-order valence-electron chi connectivity index (χ2n) is 4.24. The van der Waals surface area contributed by atoms with Crippen LogP contribution in [0, 0.1) is 0 Å². The zero-order chi connectivity index (χ0) is 13.0. The first kappa shape index (κ1) is 12.4. The second-order valence-corrected chi connectivity index (χ2v) is 4.24. The van der Waals surface area contributed by atoms with E-state index in [4.69, 9.17) is 4.42 Å². The number of rotatable bonds is 5. The van der Waals surface area contributed by atoms with Crippen LogP contribution in [-0.4, -0.2) is 11.7 Å². The normalized spacial score (nSPS) is 10.5. The smallest absolute Gasteiger partial charge is 0.220 e. The Bertz CT molecular complexity index is 571. The van der Waals surface area contributed by atoms with Crippen LogP contribution in [0.2, 0.25) is 0 Å². The summed E-state index contributed by atoms with van der Waals surface area (Å²) in [6, 6.07) is 7.67. The molecule has 0 aliphatic rings. The fourth-order valence-corrected chi connectivity index (χ4v) is 1.74. The number of ketones is 1. The van der Waals surface area contributed by atoms with Crippen molar-refractivity contribution in [2.75, 3.05) is 0 Å². The zero-order valence-corrected chi connectivity index (χ0v) is 10.2. The van der Waals surface area contributed by atoms with Crippen LogP contribution in [0.3, 0.4) is 0 Å². The number of furan rings is 1.